The SMILES string of the molecule is O=C(Nc1ccc2nc(N3CCOCC3)sc2c1)c1ccc(-n2ccnc2)nc1. The van der Waals surface area contributed by atoms with Crippen LogP contribution >= 0.6 is 11.3 Å². The van der Waals surface area contributed by atoms with Gasteiger partial charge in [0, 0.05) is 37.4 Å². The molecule has 0 unspecified atom stereocenters. The molecule has 3 aromatic heterocycles. The Bertz CT molecular complexity index is 1130. The number of rotatable bonds is 4. The van der Waals surface area contributed by atoms with E-state index in [0.29, 0.717) is 11.4 Å². The van der Waals surface area contributed by atoms with Crippen LogP contribution in [-0.2, 0) is 4.74 Å². The number of fused-ring (bicyclic) bond motifs is 1. The van der Waals surface area contributed by atoms with Gasteiger partial charge in [0.2, 0.25) is 0 Å². The van der Waals surface area contributed by atoms with Crippen LogP contribution in [0.4, 0.5) is 10.8 Å². The van der Waals surface area contributed by atoms with Gasteiger partial charge >= 0.3 is 0 Å². The van der Waals surface area contributed by atoms with Crippen molar-refractivity contribution < 1.29 is 9.53 Å². The van der Waals surface area contributed by atoms with Crippen LogP contribution in [-0.4, -0.2) is 51.7 Å². The van der Waals surface area contributed by atoms with E-state index < -0.39 is 0 Å². The molecule has 1 aliphatic heterocycles. The zero-order chi connectivity index (χ0) is 19.6. The number of thiazole rings is 1. The molecule has 1 aromatic carbocycles. The first-order valence-corrected chi connectivity index (χ1v) is 10.1. The number of carbonyl (C=O) groups excluding carboxylic acids is 1. The van der Waals surface area contributed by atoms with E-state index in [-0.39, 0.29) is 5.91 Å². The lowest BCUT2D eigenvalue weighted by Crippen LogP contribution is -2.36. The fraction of sp³-hybridized carbons (Fsp3) is 0.200. The van der Waals surface area contributed by atoms with Crippen molar-refractivity contribution in [2.45, 2.75) is 0 Å². The molecule has 4 aromatic rings. The van der Waals surface area contributed by atoms with Gasteiger partial charge in [-0.3, -0.25) is 9.36 Å². The molecule has 1 aliphatic rings. The van der Waals surface area contributed by atoms with Crippen LogP contribution in [0.25, 0.3) is 16.0 Å². The van der Waals surface area contributed by atoms with E-state index >= 15 is 0 Å². The Labute approximate surface area is 170 Å². The summed E-state index contributed by atoms with van der Waals surface area (Å²) in [6.07, 6.45) is 6.71. The second kappa shape index (κ2) is 7.61. The maximum absolute atomic E-state index is 12.6. The molecule has 9 heteroatoms. The molecular weight excluding hydrogens is 388 g/mol. The third-order valence-corrected chi connectivity index (χ3v) is 5.77. The minimum atomic E-state index is -0.202. The maximum Gasteiger partial charge on any atom is 0.257 e. The minimum Gasteiger partial charge on any atom is -0.378 e. The molecule has 0 spiro atoms. The largest absolute Gasteiger partial charge is 0.378 e. The van der Waals surface area contributed by atoms with Gasteiger partial charge in [-0.05, 0) is 30.3 Å². The van der Waals surface area contributed by atoms with Crippen molar-refractivity contribution in [3.05, 3.63) is 60.8 Å². The van der Waals surface area contributed by atoms with E-state index in [2.05, 4.69) is 20.2 Å². The lowest BCUT2D eigenvalue weighted by atomic mass is 10.2. The lowest BCUT2D eigenvalue weighted by Gasteiger charge is -2.25. The normalized spacial score (nSPS) is 14.3. The van der Waals surface area contributed by atoms with Crippen LogP contribution in [0.1, 0.15) is 10.4 Å². The number of ether oxygens (including phenoxy) is 1. The number of carbonyl (C=O) groups is 1. The third kappa shape index (κ3) is 3.69. The molecule has 0 bridgehead atoms. The molecule has 1 fully saturated rings. The van der Waals surface area contributed by atoms with Gasteiger partial charge in [0.25, 0.3) is 5.91 Å². The van der Waals surface area contributed by atoms with Crippen molar-refractivity contribution in [3.8, 4) is 5.82 Å². The van der Waals surface area contributed by atoms with Crippen LogP contribution < -0.4 is 10.2 Å². The van der Waals surface area contributed by atoms with Crippen molar-refractivity contribution in [2.75, 3.05) is 36.5 Å². The molecule has 29 heavy (non-hydrogen) atoms. The van der Waals surface area contributed by atoms with Gasteiger partial charge in [0.05, 0.1) is 29.0 Å². The highest BCUT2D eigenvalue weighted by Gasteiger charge is 2.16. The first-order chi connectivity index (χ1) is 14.3. The number of imidazole rings is 1. The lowest BCUT2D eigenvalue weighted by molar-refractivity contribution is 0.102. The second-order valence-electron chi connectivity index (χ2n) is 6.61. The van der Waals surface area contributed by atoms with Crippen molar-refractivity contribution >= 4 is 38.3 Å². The summed E-state index contributed by atoms with van der Waals surface area (Å²) in [5, 5.41) is 3.93. The number of anilines is 2. The second-order valence-corrected chi connectivity index (χ2v) is 7.62. The summed E-state index contributed by atoms with van der Waals surface area (Å²) in [6, 6.07) is 9.31. The number of nitrogens with one attached hydrogen (secondary N) is 1. The molecule has 0 saturated carbocycles. The first-order valence-electron chi connectivity index (χ1n) is 9.25. The van der Waals surface area contributed by atoms with Gasteiger partial charge in [0.15, 0.2) is 5.13 Å². The quantitative estimate of drug-likeness (QED) is 0.561. The van der Waals surface area contributed by atoms with E-state index in [1.165, 1.54) is 0 Å². The smallest absolute Gasteiger partial charge is 0.257 e. The van der Waals surface area contributed by atoms with Crippen molar-refractivity contribution in [2.24, 2.45) is 0 Å². The predicted octanol–water partition coefficient (Wildman–Crippen LogP) is 2.97. The Hall–Kier alpha value is -3.30. The molecule has 4 heterocycles. The molecular formula is C20H18N6O2S. The van der Waals surface area contributed by atoms with Gasteiger partial charge in [-0.15, -0.1) is 0 Å². The summed E-state index contributed by atoms with van der Waals surface area (Å²) < 4.78 is 8.23. The number of amides is 1. The van der Waals surface area contributed by atoms with Crippen LogP contribution in [0.5, 0.6) is 0 Å². The van der Waals surface area contributed by atoms with Crippen LogP contribution in [0.15, 0.2) is 55.2 Å². The number of aromatic nitrogens is 4. The zero-order valence-electron chi connectivity index (χ0n) is 15.5. The Kier molecular flexibility index (Phi) is 4.66. The molecule has 0 radical (unpaired) electrons. The molecule has 0 atom stereocenters. The highest BCUT2D eigenvalue weighted by atomic mass is 32.1. The van der Waals surface area contributed by atoms with E-state index in [1.807, 2.05) is 18.2 Å². The summed E-state index contributed by atoms with van der Waals surface area (Å²) in [6.45, 7) is 3.16. The van der Waals surface area contributed by atoms with E-state index in [0.717, 1.165) is 47.3 Å². The minimum absolute atomic E-state index is 0.202. The van der Waals surface area contributed by atoms with Gasteiger partial charge in [-0.25, -0.2) is 15.0 Å². The van der Waals surface area contributed by atoms with Gasteiger partial charge in [-0.1, -0.05) is 11.3 Å². The highest BCUT2D eigenvalue weighted by molar-refractivity contribution is 7.22. The highest BCUT2D eigenvalue weighted by Crippen LogP contribution is 2.31. The molecule has 1 saturated heterocycles. The number of nitrogens with zero attached hydrogens (tertiary/aromatic N) is 5. The average molecular weight is 406 g/mol. The fourth-order valence-corrected chi connectivity index (χ4v) is 4.21. The Morgan fingerprint density at radius 2 is 2.07 bits per heavy atom. The van der Waals surface area contributed by atoms with Gasteiger partial charge < -0.3 is 15.0 Å². The topological polar surface area (TPSA) is 85.2 Å². The summed E-state index contributed by atoms with van der Waals surface area (Å²) >= 11 is 1.63. The zero-order valence-corrected chi connectivity index (χ0v) is 16.3. The third-order valence-electron chi connectivity index (χ3n) is 4.70. The van der Waals surface area contributed by atoms with Crippen molar-refractivity contribution in [1.82, 2.24) is 19.5 Å². The first kappa shape index (κ1) is 17.8. The summed E-state index contributed by atoms with van der Waals surface area (Å²) in [7, 11) is 0. The summed E-state index contributed by atoms with van der Waals surface area (Å²) in [4.78, 5) is 27.9. The van der Waals surface area contributed by atoms with Crippen LogP contribution in [0.3, 0.4) is 0 Å². The Balaban J connectivity index is 1.32. The number of hydrogen-bond acceptors (Lipinski definition) is 7. The molecule has 5 rings (SSSR count). The summed E-state index contributed by atoms with van der Waals surface area (Å²) in [5.41, 5.74) is 2.16. The van der Waals surface area contributed by atoms with Crippen LogP contribution in [0, 0.1) is 0 Å². The van der Waals surface area contributed by atoms with E-state index in [9.17, 15) is 4.79 Å². The molecule has 0 aliphatic carbocycles. The maximum atomic E-state index is 12.6. The molecule has 8 nitrogen and oxygen atoms in total. The predicted molar refractivity (Wildman–Crippen MR) is 112 cm³/mol. The van der Waals surface area contributed by atoms with E-state index in [1.54, 1.807) is 53.0 Å². The van der Waals surface area contributed by atoms with Gasteiger partial charge in [0.1, 0.15) is 12.1 Å². The standard InChI is InChI=1S/C20H18N6O2S/c27-19(14-1-4-18(22-12-14)26-6-5-21-13-26)23-15-2-3-16-17(11-15)29-20(24-16)25-7-9-28-10-8-25/h1-6,11-13H,7-10H2,(H,23,27). The molecule has 1 amide bonds. The number of hydrogen-bond donors (Lipinski definition) is 1. The van der Waals surface area contributed by atoms with Crippen molar-refractivity contribution in [1.29, 1.82) is 0 Å². The van der Waals surface area contributed by atoms with Crippen molar-refractivity contribution in [3.63, 3.8) is 0 Å². The van der Waals surface area contributed by atoms with Crippen LogP contribution in [0.2, 0.25) is 0 Å². The number of morpholine rings is 1. The average Bonchev–Trinajstić information content (AvgIpc) is 3.44. The molecule has 146 valence electrons. The van der Waals surface area contributed by atoms with E-state index in [4.69, 9.17) is 9.72 Å². The number of benzene rings is 1. The Morgan fingerprint density at radius 3 is 2.83 bits per heavy atom. The fourth-order valence-electron chi connectivity index (χ4n) is 3.15. The molecule has 1 N–H and O–H groups in total. The summed E-state index contributed by atoms with van der Waals surface area (Å²) in [5.74, 6) is 0.507. The van der Waals surface area contributed by atoms with Gasteiger partial charge in [-0.2, -0.15) is 0 Å². The Morgan fingerprint density at radius 1 is 1.17 bits per heavy atom. The number of pyridine rings is 1. The monoisotopic (exact) mass is 406 g/mol.